The third-order valence-corrected chi connectivity index (χ3v) is 4.41. The minimum absolute atomic E-state index is 0.0427. The number of rotatable bonds is 4. The second-order valence-electron chi connectivity index (χ2n) is 4.19. The van der Waals surface area contributed by atoms with Gasteiger partial charge in [-0.2, -0.15) is 0 Å². The van der Waals surface area contributed by atoms with Crippen LogP contribution in [0.1, 0.15) is 5.56 Å². The number of hydrogen-bond acceptors (Lipinski definition) is 3. The van der Waals surface area contributed by atoms with E-state index in [1.165, 1.54) is 6.07 Å². The number of sulfonamides is 1. The van der Waals surface area contributed by atoms with Crippen molar-refractivity contribution in [3.8, 4) is 0 Å². The fourth-order valence-corrected chi connectivity index (χ4v) is 3.00. The summed E-state index contributed by atoms with van der Waals surface area (Å²) in [7, 11) is -4.03. The van der Waals surface area contributed by atoms with Gasteiger partial charge in [0.15, 0.2) is 0 Å². The molecular weight excluding hydrogens is 322 g/mol. The summed E-state index contributed by atoms with van der Waals surface area (Å²) in [6.45, 7) is -0.143. The van der Waals surface area contributed by atoms with E-state index in [0.29, 0.717) is 0 Å². The van der Waals surface area contributed by atoms with Gasteiger partial charge in [0.1, 0.15) is 11.6 Å². The summed E-state index contributed by atoms with van der Waals surface area (Å²) in [4.78, 5) is -0.190. The highest BCUT2D eigenvalue weighted by molar-refractivity contribution is 7.92. The molecule has 0 aliphatic rings. The fourth-order valence-electron chi connectivity index (χ4n) is 1.65. The first-order chi connectivity index (χ1) is 9.83. The van der Waals surface area contributed by atoms with E-state index in [2.05, 4.69) is 4.72 Å². The largest absolute Gasteiger partial charge is 0.326 e. The van der Waals surface area contributed by atoms with E-state index in [4.69, 9.17) is 17.3 Å². The van der Waals surface area contributed by atoms with Gasteiger partial charge < -0.3 is 5.73 Å². The zero-order valence-corrected chi connectivity index (χ0v) is 12.2. The van der Waals surface area contributed by atoms with Crippen LogP contribution >= 0.6 is 11.6 Å². The van der Waals surface area contributed by atoms with Gasteiger partial charge in [-0.25, -0.2) is 17.2 Å². The molecule has 0 fully saturated rings. The number of hydrogen-bond donors (Lipinski definition) is 2. The maximum atomic E-state index is 13.3. The predicted octanol–water partition coefficient (Wildman–Crippen LogP) is 2.88. The maximum absolute atomic E-state index is 13.3. The van der Waals surface area contributed by atoms with Crippen molar-refractivity contribution in [2.75, 3.05) is 4.72 Å². The van der Waals surface area contributed by atoms with Gasteiger partial charge >= 0.3 is 0 Å². The lowest BCUT2D eigenvalue weighted by atomic mass is 10.2. The van der Waals surface area contributed by atoms with Crippen molar-refractivity contribution in [3.05, 3.63) is 58.6 Å². The molecule has 0 saturated carbocycles. The number of nitrogens with two attached hydrogens (primary N) is 1. The average Bonchev–Trinajstić information content (AvgIpc) is 2.43. The molecule has 21 heavy (non-hydrogen) atoms. The van der Waals surface area contributed by atoms with E-state index in [1.54, 1.807) is 0 Å². The van der Waals surface area contributed by atoms with Gasteiger partial charge in [0.25, 0.3) is 10.0 Å². The van der Waals surface area contributed by atoms with Crippen molar-refractivity contribution in [1.29, 1.82) is 0 Å². The molecule has 0 atom stereocenters. The van der Waals surface area contributed by atoms with Crippen molar-refractivity contribution < 1.29 is 17.2 Å². The zero-order valence-electron chi connectivity index (χ0n) is 10.6. The molecule has 4 nitrogen and oxygen atoms in total. The Hall–Kier alpha value is -1.70. The van der Waals surface area contributed by atoms with Crippen molar-refractivity contribution in [3.63, 3.8) is 0 Å². The molecule has 0 amide bonds. The predicted molar refractivity (Wildman–Crippen MR) is 76.5 cm³/mol. The first-order valence-corrected chi connectivity index (χ1v) is 7.66. The van der Waals surface area contributed by atoms with Gasteiger partial charge in [-0.05, 0) is 36.4 Å². The zero-order chi connectivity index (χ0) is 15.6. The topological polar surface area (TPSA) is 72.2 Å². The summed E-state index contributed by atoms with van der Waals surface area (Å²) in [5.74, 6) is -1.24. The molecule has 2 aromatic carbocycles. The number of benzene rings is 2. The molecule has 0 heterocycles. The molecule has 3 N–H and O–H groups in total. The van der Waals surface area contributed by atoms with Crippen LogP contribution in [-0.4, -0.2) is 8.42 Å². The Morgan fingerprint density at radius 3 is 2.52 bits per heavy atom. The van der Waals surface area contributed by atoms with E-state index >= 15 is 0 Å². The molecule has 0 aliphatic heterocycles. The Balaban J connectivity index is 2.41. The molecular formula is C13H11ClF2N2O2S. The number of halogens is 3. The van der Waals surface area contributed by atoms with E-state index in [9.17, 15) is 17.2 Å². The molecule has 112 valence electrons. The van der Waals surface area contributed by atoms with Crippen LogP contribution in [0.5, 0.6) is 0 Å². The maximum Gasteiger partial charge on any atom is 0.261 e. The molecule has 0 unspecified atom stereocenters. The van der Waals surface area contributed by atoms with Crippen LogP contribution in [0.3, 0.4) is 0 Å². The first-order valence-electron chi connectivity index (χ1n) is 5.80. The third-order valence-electron chi connectivity index (χ3n) is 2.72. The van der Waals surface area contributed by atoms with Crippen LogP contribution in [0.25, 0.3) is 0 Å². The van der Waals surface area contributed by atoms with Gasteiger partial charge in [-0.1, -0.05) is 11.6 Å². The summed E-state index contributed by atoms with van der Waals surface area (Å²) in [5, 5.41) is 0.0427. The quantitative estimate of drug-likeness (QED) is 0.904. The van der Waals surface area contributed by atoms with Crippen LogP contribution in [-0.2, 0) is 16.6 Å². The molecule has 0 radical (unpaired) electrons. The summed E-state index contributed by atoms with van der Waals surface area (Å²) in [5.41, 5.74) is 5.29. The Labute approximate surface area is 125 Å². The molecule has 8 heteroatoms. The monoisotopic (exact) mass is 332 g/mol. The highest BCUT2D eigenvalue weighted by Gasteiger charge is 2.17. The lowest BCUT2D eigenvalue weighted by molar-refractivity contribution is 0.596. The molecule has 0 aliphatic carbocycles. The average molecular weight is 333 g/mol. The number of nitrogens with one attached hydrogen (secondary N) is 1. The molecule has 0 aromatic heterocycles. The van der Waals surface area contributed by atoms with Gasteiger partial charge in [0.05, 0.1) is 15.6 Å². The van der Waals surface area contributed by atoms with Crippen LogP contribution < -0.4 is 10.5 Å². The summed E-state index contributed by atoms with van der Waals surface area (Å²) >= 11 is 5.80. The fraction of sp³-hybridized carbons (Fsp3) is 0.0769. The Kier molecular flexibility index (Phi) is 4.46. The standard InChI is InChI=1S/C13H11ClF2N2O2S/c14-11-3-1-9(15)6-13(11)18-21(19,20)10-2-4-12(16)8(5-10)7-17/h1-6,18H,7,17H2. The lowest BCUT2D eigenvalue weighted by Gasteiger charge is -2.11. The van der Waals surface area contributed by atoms with Crippen molar-refractivity contribution in [2.45, 2.75) is 11.4 Å². The minimum atomic E-state index is -4.03. The van der Waals surface area contributed by atoms with Gasteiger partial charge in [-0.15, -0.1) is 0 Å². The SMILES string of the molecule is NCc1cc(S(=O)(=O)Nc2cc(F)ccc2Cl)ccc1F. The van der Waals surface area contributed by atoms with Crippen LogP contribution in [0, 0.1) is 11.6 Å². The van der Waals surface area contributed by atoms with Crippen LogP contribution in [0.2, 0.25) is 5.02 Å². The Morgan fingerprint density at radius 1 is 1.14 bits per heavy atom. The highest BCUT2D eigenvalue weighted by atomic mass is 35.5. The number of anilines is 1. The molecule has 0 saturated heterocycles. The summed E-state index contributed by atoms with van der Waals surface area (Å²) < 4.78 is 53.0. The third kappa shape index (κ3) is 3.49. The molecule has 2 rings (SSSR count). The second-order valence-corrected chi connectivity index (χ2v) is 6.28. The molecule has 0 spiro atoms. The highest BCUT2D eigenvalue weighted by Crippen LogP contribution is 2.26. The van der Waals surface area contributed by atoms with Gasteiger partial charge in [0, 0.05) is 12.1 Å². The lowest BCUT2D eigenvalue weighted by Crippen LogP contribution is -2.14. The van der Waals surface area contributed by atoms with E-state index in [-0.39, 0.29) is 27.7 Å². The van der Waals surface area contributed by atoms with Crippen molar-refractivity contribution in [2.24, 2.45) is 5.73 Å². The second kappa shape index (κ2) is 5.97. The first kappa shape index (κ1) is 15.7. The molecule has 2 aromatic rings. The van der Waals surface area contributed by atoms with Gasteiger partial charge in [0.2, 0.25) is 0 Å². The Bertz CT molecular complexity index is 782. The van der Waals surface area contributed by atoms with E-state index in [0.717, 1.165) is 30.3 Å². The van der Waals surface area contributed by atoms with Crippen LogP contribution in [0.15, 0.2) is 41.3 Å². The summed E-state index contributed by atoms with van der Waals surface area (Å²) in [6.07, 6.45) is 0. The normalized spacial score (nSPS) is 11.4. The molecule has 0 bridgehead atoms. The summed E-state index contributed by atoms with van der Waals surface area (Å²) in [6, 6.07) is 6.49. The van der Waals surface area contributed by atoms with Gasteiger partial charge in [-0.3, -0.25) is 4.72 Å². The minimum Gasteiger partial charge on any atom is -0.326 e. The Morgan fingerprint density at radius 2 is 1.86 bits per heavy atom. The van der Waals surface area contributed by atoms with E-state index < -0.39 is 21.7 Å². The van der Waals surface area contributed by atoms with Crippen molar-refractivity contribution >= 4 is 27.3 Å². The van der Waals surface area contributed by atoms with Crippen molar-refractivity contribution in [1.82, 2.24) is 0 Å². The van der Waals surface area contributed by atoms with Crippen LogP contribution in [0.4, 0.5) is 14.5 Å². The smallest absolute Gasteiger partial charge is 0.261 e. The van der Waals surface area contributed by atoms with E-state index in [1.807, 2.05) is 0 Å².